The molecule has 4 heteroatoms. The number of rotatable bonds is 4. The van der Waals surface area contributed by atoms with Gasteiger partial charge in [0.15, 0.2) is 11.6 Å². The molecule has 0 saturated heterocycles. The van der Waals surface area contributed by atoms with Crippen LogP contribution in [-0.4, -0.2) is 5.11 Å². The van der Waals surface area contributed by atoms with Crippen LogP contribution < -0.4 is 0 Å². The van der Waals surface area contributed by atoms with Gasteiger partial charge in [0.1, 0.15) is 0 Å². The average Bonchev–Trinajstić information content (AvgIpc) is 2.20. The van der Waals surface area contributed by atoms with Crippen molar-refractivity contribution in [1.82, 2.24) is 0 Å². The Balaban J connectivity index is 2.78. The van der Waals surface area contributed by atoms with Gasteiger partial charge in [0, 0.05) is 10.6 Å². The topological polar surface area (TPSA) is 20.2 Å². The number of benzene rings is 1. The van der Waals surface area contributed by atoms with Gasteiger partial charge in [-0.25, -0.2) is 8.78 Å². The van der Waals surface area contributed by atoms with E-state index in [-0.39, 0.29) is 21.9 Å². The first kappa shape index (κ1) is 16.4. The molecule has 0 spiro atoms. The fourth-order valence-electron chi connectivity index (χ4n) is 2.43. The molecule has 2 unspecified atom stereocenters. The number of aliphatic hydroxyl groups excluding tert-OH is 1. The van der Waals surface area contributed by atoms with Gasteiger partial charge in [-0.2, -0.15) is 0 Å². The molecule has 1 rings (SSSR count). The molecule has 2 atom stereocenters. The van der Waals surface area contributed by atoms with Crippen LogP contribution in [0.25, 0.3) is 0 Å². The zero-order valence-corrected chi connectivity index (χ0v) is 12.6. The van der Waals surface area contributed by atoms with Gasteiger partial charge in [0.05, 0.1) is 6.10 Å². The minimum atomic E-state index is -0.997. The largest absolute Gasteiger partial charge is 0.388 e. The van der Waals surface area contributed by atoms with E-state index in [1.54, 1.807) is 0 Å². The van der Waals surface area contributed by atoms with Crippen LogP contribution in [0.2, 0.25) is 5.02 Å². The molecule has 1 aromatic rings. The molecule has 0 bridgehead atoms. The maximum absolute atomic E-state index is 13.2. The zero-order chi connectivity index (χ0) is 14.8. The summed E-state index contributed by atoms with van der Waals surface area (Å²) in [6, 6.07) is 1.88. The minimum Gasteiger partial charge on any atom is -0.388 e. The quantitative estimate of drug-likeness (QED) is 0.764. The summed E-state index contributed by atoms with van der Waals surface area (Å²) in [4.78, 5) is 0. The van der Waals surface area contributed by atoms with E-state index in [4.69, 9.17) is 11.6 Å². The van der Waals surface area contributed by atoms with Gasteiger partial charge < -0.3 is 5.11 Å². The second-order valence-corrected chi connectivity index (χ2v) is 6.82. The Kier molecular flexibility index (Phi) is 5.34. The van der Waals surface area contributed by atoms with E-state index in [1.165, 1.54) is 0 Å². The van der Waals surface area contributed by atoms with Crippen LogP contribution in [-0.2, 0) is 0 Å². The van der Waals surface area contributed by atoms with Crippen LogP contribution in [0, 0.1) is 23.0 Å². The Bertz CT molecular complexity index is 441. The summed E-state index contributed by atoms with van der Waals surface area (Å²) in [6.45, 7) is 8.41. The van der Waals surface area contributed by atoms with E-state index in [0.717, 1.165) is 18.6 Å². The van der Waals surface area contributed by atoms with Gasteiger partial charge in [-0.1, -0.05) is 39.3 Å². The molecule has 0 aliphatic rings. The zero-order valence-electron chi connectivity index (χ0n) is 11.8. The minimum absolute atomic E-state index is 0.0642. The highest BCUT2D eigenvalue weighted by molar-refractivity contribution is 6.31. The van der Waals surface area contributed by atoms with Crippen molar-refractivity contribution in [2.45, 2.75) is 46.6 Å². The van der Waals surface area contributed by atoms with Crippen molar-refractivity contribution in [1.29, 1.82) is 0 Å². The summed E-state index contributed by atoms with van der Waals surface area (Å²) in [6.07, 6.45) is 0.535. The maximum atomic E-state index is 13.2. The van der Waals surface area contributed by atoms with Crippen molar-refractivity contribution in [3.8, 4) is 0 Å². The third-order valence-electron chi connectivity index (χ3n) is 2.99. The van der Waals surface area contributed by atoms with Gasteiger partial charge in [-0.15, -0.1) is 0 Å². The van der Waals surface area contributed by atoms with Crippen molar-refractivity contribution in [3.63, 3.8) is 0 Å². The summed E-state index contributed by atoms with van der Waals surface area (Å²) in [5.74, 6) is -1.72. The first-order valence-corrected chi connectivity index (χ1v) is 6.80. The summed E-state index contributed by atoms with van der Waals surface area (Å²) >= 11 is 5.85. The van der Waals surface area contributed by atoms with Crippen molar-refractivity contribution in [2.75, 3.05) is 0 Å². The Morgan fingerprint density at radius 3 is 2.26 bits per heavy atom. The Hall–Kier alpha value is -0.670. The van der Waals surface area contributed by atoms with Crippen LogP contribution in [0.4, 0.5) is 8.78 Å². The lowest BCUT2D eigenvalue weighted by Gasteiger charge is -2.25. The van der Waals surface area contributed by atoms with Crippen LogP contribution in [0.5, 0.6) is 0 Å². The maximum Gasteiger partial charge on any atom is 0.160 e. The third kappa shape index (κ3) is 5.07. The molecule has 1 nitrogen and oxygen atoms in total. The summed E-state index contributed by atoms with van der Waals surface area (Å²) < 4.78 is 26.2. The van der Waals surface area contributed by atoms with Gasteiger partial charge >= 0.3 is 0 Å². The lowest BCUT2D eigenvalue weighted by Crippen LogP contribution is -2.14. The predicted octanol–water partition coefficient (Wildman–Crippen LogP) is 5.11. The number of halogens is 3. The van der Waals surface area contributed by atoms with E-state index in [1.807, 2.05) is 6.92 Å². The number of hydrogen-bond donors (Lipinski definition) is 1. The molecular formula is C15H21ClF2O. The average molecular weight is 291 g/mol. The molecular weight excluding hydrogens is 270 g/mol. The van der Waals surface area contributed by atoms with Crippen LogP contribution in [0.1, 0.15) is 52.2 Å². The van der Waals surface area contributed by atoms with Crippen LogP contribution in [0.3, 0.4) is 0 Å². The lowest BCUT2D eigenvalue weighted by atomic mass is 9.82. The Morgan fingerprint density at radius 2 is 1.74 bits per heavy atom. The second kappa shape index (κ2) is 6.19. The molecule has 0 heterocycles. The summed E-state index contributed by atoms with van der Waals surface area (Å²) in [7, 11) is 0. The molecule has 0 aliphatic carbocycles. The fourth-order valence-corrected chi connectivity index (χ4v) is 2.71. The normalized spacial score (nSPS) is 15.4. The number of aliphatic hydroxyl groups is 1. The van der Waals surface area contributed by atoms with Crippen molar-refractivity contribution in [2.24, 2.45) is 11.3 Å². The van der Waals surface area contributed by atoms with Gasteiger partial charge in [-0.3, -0.25) is 0 Å². The first-order chi connectivity index (χ1) is 8.60. The molecule has 108 valence electrons. The predicted molar refractivity (Wildman–Crippen MR) is 74.2 cm³/mol. The van der Waals surface area contributed by atoms with Crippen LogP contribution in [0.15, 0.2) is 12.1 Å². The van der Waals surface area contributed by atoms with E-state index in [2.05, 4.69) is 20.8 Å². The molecule has 0 fully saturated rings. The van der Waals surface area contributed by atoms with E-state index < -0.39 is 17.7 Å². The second-order valence-electron chi connectivity index (χ2n) is 6.41. The molecule has 1 aromatic carbocycles. The molecule has 0 aliphatic heterocycles. The van der Waals surface area contributed by atoms with Crippen molar-refractivity contribution < 1.29 is 13.9 Å². The van der Waals surface area contributed by atoms with Gasteiger partial charge in [0.25, 0.3) is 0 Å². The molecule has 1 N–H and O–H groups in total. The number of hydrogen-bond acceptors (Lipinski definition) is 1. The fraction of sp³-hybridized carbons (Fsp3) is 0.600. The smallest absolute Gasteiger partial charge is 0.160 e. The summed E-state index contributed by atoms with van der Waals surface area (Å²) in [5.41, 5.74) is 0.415. The van der Waals surface area contributed by atoms with E-state index >= 15 is 0 Å². The monoisotopic (exact) mass is 290 g/mol. The molecule has 0 radical (unpaired) electrons. The molecule has 0 amide bonds. The highest BCUT2D eigenvalue weighted by atomic mass is 35.5. The molecule has 19 heavy (non-hydrogen) atoms. The van der Waals surface area contributed by atoms with Crippen molar-refractivity contribution >= 4 is 11.6 Å². The highest BCUT2D eigenvalue weighted by Gasteiger charge is 2.21. The highest BCUT2D eigenvalue weighted by Crippen LogP contribution is 2.33. The lowest BCUT2D eigenvalue weighted by molar-refractivity contribution is 0.133. The van der Waals surface area contributed by atoms with Crippen molar-refractivity contribution in [3.05, 3.63) is 34.4 Å². The SMILES string of the molecule is CC(CC(O)c1cc(F)c(F)cc1Cl)CC(C)(C)C. The Morgan fingerprint density at radius 1 is 1.21 bits per heavy atom. The third-order valence-corrected chi connectivity index (χ3v) is 3.31. The molecule has 0 aromatic heterocycles. The summed E-state index contributed by atoms with van der Waals surface area (Å²) in [5, 5.41) is 10.2. The van der Waals surface area contributed by atoms with Gasteiger partial charge in [-0.05, 0) is 36.3 Å². The van der Waals surface area contributed by atoms with Crippen LogP contribution >= 0.6 is 11.6 Å². The van der Waals surface area contributed by atoms with E-state index in [0.29, 0.717) is 6.42 Å². The Labute approximate surface area is 118 Å². The van der Waals surface area contributed by atoms with Gasteiger partial charge in [0.2, 0.25) is 0 Å². The molecule has 0 saturated carbocycles. The standard InChI is InChI=1S/C15H21ClF2O/c1-9(8-15(2,3)4)5-14(19)10-6-12(17)13(18)7-11(10)16/h6-7,9,14,19H,5,8H2,1-4H3. The first-order valence-electron chi connectivity index (χ1n) is 6.42. The van der Waals surface area contributed by atoms with E-state index in [9.17, 15) is 13.9 Å².